The second kappa shape index (κ2) is 4.42. The average molecular weight is 234 g/mol. The summed E-state index contributed by atoms with van der Waals surface area (Å²) in [7, 11) is 0. The molecule has 1 aromatic rings. The van der Waals surface area contributed by atoms with Crippen LogP contribution in [-0.2, 0) is 0 Å². The summed E-state index contributed by atoms with van der Waals surface area (Å²) in [5, 5.41) is 9.23. The zero-order valence-electron chi connectivity index (χ0n) is 8.34. The van der Waals surface area contributed by atoms with Crippen molar-refractivity contribution in [2.45, 2.75) is 13.1 Å². The molecule has 1 N–H and O–H groups in total. The molecule has 1 rings (SSSR count). The van der Waals surface area contributed by atoms with E-state index in [-0.39, 0.29) is 18.1 Å². The van der Waals surface area contributed by atoms with Gasteiger partial charge in [0.15, 0.2) is 11.5 Å². The van der Waals surface area contributed by atoms with Gasteiger partial charge in [-0.3, -0.25) is 4.79 Å². The Hall–Kier alpha value is -1.72. The molecule has 0 saturated heterocycles. The molecule has 16 heavy (non-hydrogen) atoms. The van der Waals surface area contributed by atoms with Crippen LogP contribution in [0.1, 0.15) is 17.3 Å². The smallest absolute Gasteiger partial charge is 0.454 e. The van der Waals surface area contributed by atoms with E-state index in [0.717, 1.165) is 18.2 Å². The van der Waals surface area contributed by atoms with Gasteiger partial charge in [-0.2, -0.15) is 13.2 Å². The van der Waals surface area contributed by atoms with Gasteiger partial charge in [0.2, 0.25) is 0 Å². The summed E-state index contributed by atoms with van der Waals surface area (Å²) in [5.41, 5.74) is -0.561. The van der Waals surface area contributed by atoms with Crippen LogP contribution in [0.3, 0.4) is 0 Å². The number of rotatable bonds is 3. The van der Waals surface area contributed by atoms with Gasteiger partial charge in [0.1, 0.15) is 0 Å². The molecule has 0 heterocycles. The van der Waals surface area contributed by atoms with Gasteiger partial charge in [-0.05, 0) is 25.1 Å². The summed E-state index contributed by atoms with van der Waals surface area (Å²) in [4.78, 5) is 10.9. The van der Waals surface area contributed by atoms with Crippen LogP contribution in [0.5, 0.6) is 11.5 Å². The zero-order valence-corrected chi connectivity index (χ0v) is 8.34. The molecule has 3 nitrogen and oxygen atoms in total. The first-order valence-electron chi connectivity index (χ1n) is 4.43. The lowest BCUT2D eigenvalue weighted by Gasteiger charge is -2.09. The van der Waals surface area contributed by atoms with Crippen LogP contribution >= 0.6 is 0 Å². The van der Waals surface area contributed by atoms with Crippen LogP contribution < -0.4 is 4.74 Å². The maximum atomic E-state index is 12.1. The molecule has 0 fully saturated rings. The fourth-order valence-electron chi connectivity index (χ4n) is 1.09. The minimum absolute atomic E-state index is 0.141. The summed E-state index contributed by atoms with van der Waals surface area (Å²) >= 11 is 0. The number of hydrogen-bond donors (Lipinski definition) is 1. The molecule has 1 aromatic carbocycles. The van der Waals surface area contributed by atoms with E-state index < -0.39 is 17.5 Å². The summed E-state index contributed by atoms with van der Waals surface area (Å²) in [6.45, 7) is 1.79. The highest BCUT2D eigenvalue weighted by atomic mass is 19.4. The van der Waals surface area contributed by atoms with Gasteiger partial charge in [0, 0.05) is 5.56 Å². The minimum atomic E-state index is -4.93. The summed E-state index contributed by atoms with van der Waals surface area (Å²) in [6.07, 6.45) is -4.93. The minimum Gasteiger partial charge on any atom is -0.504 e. The highest BCUT2D eigenvalue weighted by molar-refractivity contribution is 6.00. The molecule has 0 aliphatic heterocycles. The number of alkyl halides is 3. The molecular weight excluding hydrogens is 225 g/mol. The van der Waals surface area contributed by atoms with E-state index in [4.69, 9.17) is 4.74 Å². The van der Waals surface area contributed by atoms with Crippen molar-refractivity contribution < 1.29 is 27.8 Å². The van der Waals surface area contributed by atoms with Gasteiger partial charge < -0.3 is 9.84 Å². The molecule has 0 aromatic heterocycles. The number of halogens is 3. The van der Waals surface area contributed by atoms with Gasteiger partial charge in [-0.25, -0.2) is 0 Å². The summed E-state index contributed by atoms with van der Waals surface area (Å²) < 4.78 is 41.2. The van der Waals surface area contributed by atoms with Crippen LogP contribution in [0.4, 0.5) is 13.2 Å². The third kappa shape index (κ3) is 2.65. The second-order valence-corrected chi connectivity index (χ2v) is 2.94. The number of aromatic hydroxyl groups is 1. The van der Waals surface area contributed by atoms with Crippen LogP contribution in [0.2, 0.25) is 0 Å². The lowest BCUT2D eigenvalue weighted by Crippen LogP contribution is -2.22. The first-order chi connectivity index (χ1) is 7.36. The van der Waals surface area contributed by atoms with Crippen molar-refractivity contribution in [1.82, 2.24) is 0 Å². The Balaban J connectivity index is 3.08. The van der Waals surface area contributed by atoms with E-state index in [1.165, 1.54) is 0 Å². The van der Waals surface area contributed by atoms with E-state index >= 15 is 0 Å². The number of benzene rings is 1. The Kier molecular flexibility index (Phi) is 3.41. The molecule has 0 aliphatic carbocycles. The van der Waals surface area contributed by atoms with Crippen molar-refractivity contribution in [2.24, 2.45) is 0 Å². The van der Waals surface area contributed by atoms with Crippen molar-refractivity contribution in [3.8, 4) is 11.5 Å². The predicted molar refractivity (Wildman–Crippen MR) is 49.7 cm³/mol. The highest BCUT2D eigenvalue weighted by Crippen LogP contribution is 2.30. The molecule has 0 amide bonds. The number of carbonyl (C=O) groups excluding carboxylic acids is 1. The normalized spacial score (nSPS) is 11.2. The van der Waals surface area contributed by atoms with E-state index in [9.17, 15) is 23.1 Å². The molecule has 0 spiro atoms. The third-order valence-electron chi connectivity index (χ3n) is 1.78. The molecule has 0 saturated carbocycles. The first-order valence-corrected chi connectivity index (χ1v) is 4.43. The average Bonchev–Trinajstić information content (AvgIpc) is 2.19. The first kappa shape index (κ1) is 12.4. The van der Waals surface area contributed by atoms with Crippen molar-refractivity contribution in [3.05, 3.63) is 23.8 Å². The number of phenolic OH excluding ortho intramolecular Hbond substituents is 1. The predicted octanol–water partition coefficient (Wildman–Crippen LogP) is 2.54. The quantitative estimate of drug-likeness (QED) is 0.817. The maximum Gasteiger partial charge on any atom is 0.454 e. The lowest BCUT2D eigenvalue weighted by molar-refractivity contribution is -0.0885. The summed E-state index contributed by atoms with van der Waals surface area (Å²) in [5.74, 6) is -2.41. The Morgan fingerprint density at radius 2 is 2.06 bits per heavy atom. The Bertz CT molecular complexity index is 399. The Morgan fingerprint density at radius 1 is 1.44 bits per heavy atom. The van der Waals surface area contributed by atoms with E-state index in [1.807, 2.05) is 0 Å². The fraction of sp³-hybridized carbons (Fsp3) is 0.300. The lowest BCUT2D eigenvalue weighted by atomic mass is 10.1. The SMILES string of the molecule is CCOc1cc(C(=O)C(F)(F)F)ccc1O. The molecule has 6 heteroatoms. The monoisotopic (exact) mass is 234 g/mol. The van der Waals surface area contributed by atoms with Crippen LogP contribution in [-0.4, -0.2) is 23.7 Å². The van der Waals surface area contributed by atoms with E-state index in [2.05, 4.69) is 0 Å². The number of ether oxygens (including phenoxy) is 1. The number of hydrogen-bond acceptors (Lipinski definition) is 3. The topological polar surface area (TPSA) is 46.5 Å². The van der Waals surface area contributed by atoms with Gasteiger partial charge in [0.25, 0.3) is 5.78 Å². The van der Waals surface area contributed by atoms with Crippen molar-refractivity contribution in [1.29, 1.82) is 0 Å². The molecule has 0 atom stereocenters. The maximum absolute atomic E-state index is 12.1. The van der Waals surface area contributed by atoms with Gasteiger partial charge in [-0.15, -0.1) is 0 Å². The molecular formula is C10H9F3O3. The van der Waals surface area contributed by atoms with Crippen LogP contribution in [0.25, 0.3) is 0 Å². The zero-order chi connectivity index (χ0) is 12.3. The fourth-order valence-corrected chi connectivity index (χ4v) is 1.09. The van der Waals surface area contributed by atoms with Crippen LogP contribution in [0.15, 0.2) is 18.2 Å². The van der Waals surface area contributed by atoms with Crippen LogP contribution in [0, 0.1) is 0 Å². The van der Waals surface area contributed by atoms with Crippen molar-refractivity contribution in [3.63, 3.8) is 0 Å². The third-order valence-corrected chi connectivity index (χ3v) is 1.78. The number of Topliss-reactive ketones (excluding diaryl/α,β-unsaturated/α-hetero) is 1. The Morgan fingerprint density at radius 3 is 2.56 bits per heavy atom. The molecule has 0 unspecified atom stereocenters. The van der Waals surface area contributed by atoms with Crippen molar-refractivity contribution in [2.75, 3.05) is 6.61 Å². The Labute approximate surface area is 89.5 Å². The standard InChI is InChI=1S/C10H9F3O3/c1-2-16-8-5-6(3-4-7(8)14)9(15)10(11,12)13/h3-5,14H,2H2,1H3. The molecule has 0 radical (unpaired) electrons. The largest absolute Gasteiger partial charge is 0.504 e. The number of phenols is 1. The summed E-state index contributed by atoms with van der Waals surface area (Å²) in [6, 6.07) is 2.76. The molecule has 0 aliphatic rings. The van der Waals surface area contributed by atoms with E-state index in [0.29, 0.717) is 0 Å². The van der Waals surface area contributed by atoms with Gasteiger partial charge >= 0.3 is 6.18 Å². The van der Waals surface area contributed by atoms with Gasteiger partial charge in [0.05, 0.1) is 6.61 Å². The number of carbonyl (C=O) groups is 1. The highest BCUT2D eigenvalue weighted by Gasteiger charge is 2.39. The molecule has 0 bridgehead atoms. The second-order valence-electron chi connectivity index (χ2n) is 2.94. The van der Waals surface area contributed by atoms with E-state index in [1.54, 1.807) is 6.92 Å². The van der Waals surface area contributed by atoms with Gasteiger partial charge in [-0.1, -0.05) is 0 Å². The molecule has 88 valence electrons. The van der Waals surface area contributed by atoms with Crippen molar-refractivity contribution >= 4 is 5.78 Å². The number of ketones is 1.